The Morgan fingerprint density at radius 2 is 1.58 bits per heavy atom. The number of Topliss-reactive ketones (excluding diaryl/α,β-unsaturated/α-hetero) is 1. The lowest BCUT2D eigenvalue weighted by Gasteiger charge is -2.39. The van der Waals surface area contributed by atoms with Crippen molar-refractivity contribution in [3.8, 4) is 0 Å². The van der Waals surface area contributed by atoms with E-state index in [1.54, 1.807) is 6.92 Å². The number of aromatic nitrogens is 4. The molecular weight excluding hydrogens is 665 g/mol. The molecule has 2 unspecified atom stereocenters. The maximum Gasteiger partial charge on any atom is 0.305 e. The molecule has 0 saturated carbocycles. The predicted molar refractivity (Wildman–Crippen MR) is 210 cm³/mol. The van der Waals surface area contributed by atoms with Gasteiger partial charge in [0.1, 0.15) is 17.7 Å². The van der Waals surface area contributed by atoms with Gasteiger partial charge in [-0.05, 0) is 124 Å². The summed E-state index contributed by atoms with van der Waals surface area (Å²) in [5.74, 6) is 3.45. The van der Waals surface area contributed by atoms with E-state index < -0.39 is 5.41 Å². The highest BCUT2D eigenvalue weighted by atomic mass is 16.5. The fraction of sp³-hybridized carbons (Fsp3) is 0.318. The van der Waals surface area contributed by atoms with Crippen LogP contribution < -0.4 is 0 Å². The normalized spacial score (nSPS) is 17.6. The van der Waals surface area contributed by atoms with Gasteiger partial charge in [-0.25, -0.2) is 14.6 Å². The van der Waals surface area contributed by atoms with Crippen LogP contribution in [0.25, 0.3) is 44.9 Å². The lowest BCUT2D eigenvalue weighted by atomic mass is 9.62. The minimum absolute atomic E-state index is 0.0982. The van der Waals surface area contributed by atoms with Crippen molar-refractivity contribution in [2.24, 2.45) is 5.92 Å². The molecule has 0 spiro atoms. The molecule has 9 heteroatoms. The number of allylic oxidation sites excluding steroid dienone is 8. The third kappa shape index (κ3) is 6.77. The highest BCUT2D eigenvalue weighted by Gasteiger charge is 2.47. The number of nitrogens with zero attached hydrogens (tertiary/aromatic N) is 2. The van der Waals surface area contributed by atoms with Crippen molar-refractivity contribution in [2.75, 3.05) is 7.11 Å². The first-order valence-corrected chi connectivity index (χ1v) is 17.9. The second kappa shape index (κ2) is 15.0. The van der Waals surface area contributed by atoms with Crippen molar-refractivity contribution < 1.29 is 23.9 Å². The number of hydrogen-bond acceptors (Lipinski definition) is 7. The van der Waals surface area contributed by atoms with Crippen LogP contribution in [0.1, 0.15) is 97.9 Å². The molecule has 0 fully saturated rings. The zero-order valence-electron chi connectivity index (χ0n) is 31.2. The molecule has 53 heavy (non-hydrogen) atoms. The summed E-state index contributed by atoms with van der Waals surface area (Å²) in [4.78, 5) is 65.2. The zero-order valence-corrected chi connectivity index (χ0v) is 31.2. The van der Waals surface area contributed by atoms with Crippen LogP contribution in [0.3, 0.4) is 0 Å². The Labute approximate surface area is 309 Å². The van der Waals surface area contributed by atoms with Crippen molar-refractivity contribution >= 4 is 68.5 Å². The summed E-state index contributed by atoms with van der Waals surface area (Å²) >= 11 is 0. The Balaban J connectivity index is 1.76. The van der Waals surface area contributed by atoms with Crippen molar-refractivity contribution in [2.45, 2.75) is 78.6 Å². The quantitative estimate of drug-likeness (QED) is 0.151. The van der Waals surface area contributed by atoms with Gasteiger partial charge < -0.3 is 19.5 Å². The number of nitrogens with one attached hydrogen (secondary N) is 2. The lowest BCUT2D eigenvalue weighted by Crippen LogP contribution is -2.34. The molecule has 0 saturated heterocycles. The number of carbonyl (C=O) groups excluding carboxylic acids is 4. The monoisotopic (exact) mass is 708 g/mol. The van der Waals surface area contributed by atoms with Crippen LogP contribution >= 0.6 is 0 Å². The third-order valence-electron chi connectivity index (χ3n) is 11.1. The van der Waals surface area contributed by atoms with Crippen LogP contribution in [-0.4, -0.2) is 50.7 Å². The van der Waals surface area contributed by atoms with E-state index in [1.807, 2.05) is 50.0 Å². The molecule has 5 heterocycles. The van der Waals surface area contributed by atoms with Gasteiger partial charge in [-0.15, -0.1) is 0 Å². The number of hydrogen-bond donors (Lipinski definition) is 2. The number of rotatable bonds is 11. The summed E-state index contributed by atoms with van der Waals surface area (Å²) in [6.45, 7) is 14.0. The molecule has 1 aliphatic carbocycles. The predicted octanol–water partition coefficient (Wildman–Crippen LogP) is 8.43. The molecule has 0 radical (unpaired) electrons. The highest BCUT2D eigenvalue weighted by molar-refractivity contribution is 5.95. The summed E-state index contributed by atoms with van der Waals surface area (Å²) in [6.07, 6.45) is 11.2. The van der Waals surface area contributed by atoms with Gasteiger partial charge in [-0.3, -0.25) is 9.78 Å². The molecule has 2 N–H and O–H groups in total. The molecule has 2 atom stereocenters. The summed E-state index contributed by atoms with van der Waals surface area (Å²) < 4.78 is 5.01. The molecule has 3 aliphatic rings. The topological polar surface area (TPSA) is 135 Å². The zero-order chi connectivity index (χ0) is 38.0. The van der Waals surface area contributed by atoms with Crippen molar-refractivity contribution in [3.05, 3.63) is 106 Å². The average Bonchev–Trinajstić information content (AvgIpc) is 3.79. The van der Waals surface area contributed by atoms with Gasteiger partial charge in [-0.2, -0.15) is 0 Å². The van der Waals surface area contributed by atoms with Crippen LogP contribution in [0.5, 0.6) is 0 Å². The molecule has 6 rings (SSSR count). The first-order chi connectivity index (χ1) is 25.4. The van der Waals surface area contributed by atoms with Crippen LogP contribution in [0, 0.1) is 19.8 Å². The van der Waals surface area contributed by atoms with Gasteiger partial charge in [0.05, 0.1) is 29.9 Å². The molecule has 270 valence electrons. The van der Waals surface area contributed by atoms with Crippen LogP contribution in [0.4, 0.5) is 0 Å². The summed E-state index contributed by atoms with van der Waals surface area (Å²) in [7, 11) is 1.39. The SMILES string of the molecule is C=Cc1c(C)c2cc3nc(cc4[nH]c(cc5nc(cc1[nH]2)C(C)=C5CCC(C)=O)c(CCC(=O)OC)c4C)C1(C)C3=CC=C(CC=C=O)C1CC=C=O. The number of H-pyrrole nitrogens is 2. The van der Waals surface area contributed by atoms with E-state index in [4.69, 9.17) is 14.7 Å². The van der Waals surface area contributed by atoms with Gasteiger partial charge in [0.2, 0.25) is 0 Å². The standard InChI is InChI=1S/C44H44N4O5/c1-8-30-26(3)36-22-41-34-17-14-29(11-9-19-49)33(12-10-20-50)44(34,6)42(48-41)24-37-28(5)32(16-18-43(52)53-7)40(47-37)23-39-31(15-13-25(2)51)27(4)35(46-39)21-38(30)45-36/h8-10,14,17,21-24,33,45,47H,1,11-13,15-16,18H2,2-7H3. The second-order valence-electron chi connectivity index (χ2n) is 14.1. The maximum atomic E-state index is 12.4. The fourth-order valence-corrected chi connectivity index (χ4v) is 8.05. The van der Waals surface area contributed by atoms with E-state index >= 15 is 0 Å². The Hall–Kier alpha value is -5.88. The molecular formula is C44H44N4O5. The lowest BCUT2D eigenvalue weighted by molar-refractivity contribution is -0.140. The van der Waals surface area contributed by atoms with Crippen molar-refractivity contribution in [1.29, 1.82) is 0 Å². The smallest absolute Gasteiger partial charge is 0.305 e. The molecule has 8 bridgehead atoms. The molecule has 0 amide bonds. The number of ether oxygens (including phenoxy) is 1. The Bertz CT molecular complexity index is 2420. The van der Waals surface area contributed by atoms with Gasteiger partial charge >= 0.3 is 5.97 Å². The number of carbonyl (C=O) groups is 2. The number of esters is 1. The largest absolute Gasteiger partial charge is 0.469 e. The van der Waals surface area contributed by atoms with E-state index in [0.29, 0.717) is 32.1 Å². The van der Waals surface area contributed by atoms with Crippen molar-refractivity contribution in [1.82, 2.24) is 19.9 Å². The summed E-state index contributed by atoms with van der Waals surface area (Å²) in [5, 5.41) is 0. The Morgan fingerprint density at radius 1 is 0.887 bits per heavy atom. The molecule has 0 aromatic carbocycles. The first-order valence-electron chi connectivity index (χ1n) is 17.9. The van der Waals surface area contributed by atoms with Crippen LogP contribution in [0.15, 0.2) is 60.7 Å². The van der Waals surface area contributed by atoms with E-state index in [0.717, 1.165) is 89.4 Å². The first kappa shape index (κ1) is 36.9. The third-order valence-corrected chi connectivity index (χ3v) is 11.1. The average molecular weight is 709 g/mol. The van der Waals surface area contributed by atoms with Gasteiger partial charge in [0.25, 0.3) is 0 Å². The van der Waals surface area contributed by atoms with Crippen LogP contribution in [-0.2, 0) is 35.8 Å². The minimum Gasteiger partial charge on any atom is -0.469 e. The van der Waals surface area contributed by atoms with Crippen LogP contribution in [0.2, 0.25) is 0 Å². The van der Waals surface area contributed by atoms with Crippen molar-refractivity contribution in [3.63, 3.8) is 0 Å². The fourth-order valence-electron chi connectivity index (χ4n) is 8.05. The van der Waals surface area contributed by atoms with Gasteiger partial charge in [-0.1, -0.05) is 30.4 Å². The second-order valence-corrected chi connectivity index (χ2v) is 14.1. The number of aromatic amines is 2. The van der Waals surface area contributed by atoms with E-state index in [-0.39, 0.29) is 24.1 Å². The number of ketones is 1. The van der Waals surface area contributed by atoms with Gasteiger partial charge in [0.15, 0.2) is 0 Å². The number of fused-ring (bicyclic) bond motifs is 11. The minimum atomic E-state index is -0.684. The molecule has 3 aromatic rings. The Morgan fingerprint density at radius 3 is 2.28 bits per heavy atom. The summed E-state index contributed by atoms with van der Waals surface area (Å²) in [5.41, 5.74) is 13.6. The summed E-state index contributed by atoms with van der Waals surface area (Å²) in [6, 6.07) is 8.17. The van der Waals surface area contributed by atoms with E-state index in [2.05, 4.69) is 48.6 Å². The number of methoxy groups -OCH3 is 1. The van der Waals surface area contributed by atoms with Gasteiger partial charge in [0, 0.05) is 58.0 Å². The number of aryl methyl sites for hydroxylation is 3. The molecule has 9 nitrogen and oxygen atoms in total. The van der Waals surface area contributed by atoms with E-state index in [9.17, 15) is 19.2 Å². The van der Waals surface area contributed by atoms with E-state index in [1.165, 1.54) is 19.3 Å². The highest BCUT2D eigenvalue weighted by Crippen LogP contribution is 2.53. The Kier molecular flexibility index (Phi) is 10.4. The molecule has 3 aromatic heterocycles. The molecule has 2 aliphatic heterocycles. The maximum absolute atomic E-state index is 12.4.